The first-order chi connectivity index (χ1) is 26.9. The second-order valence-electron chi connectivity index (χ2n) is 16.1. The molecule has 55 heavy (non-hydrogen) atoms. The summed E-state index contributed by atoms with van der Waals surface area (Å²) in [6.45, 7) is 6.88. The fraction of sp³-hybridized carbons (Fsp3) is 0.111. The van der Waals surface area contributed by atoms with Crippen LogP contribution in [0.4, 0.5) is 0 Å². The molecule has 0 bridgehead atoms. The van der Waals surface area contributed by atoms with Gasteiger partial charge < -0.3 is 28.4 Å². The van der Waals surface area contributed by atoms with Crippen LogP contribution in [0.2, 0.25) is 0 Å². The van der Waals surface area contributed by atoms with Crippen LogP contribution in [0.1, 0.15) is 54.2 Å². The standard InChI is InChI=1S/C45H38B4N4O2/c1-44(2,3)37-22-23-38-43(55-41-21-9-6-18-36(41)45(38)34-16-4-7-19-39(34)54-40-20-8-5-17-35(40)45)42(37)33-24-31-53-48-27-11-14-29-51(48)46-25-10-13-28-50(46)47-26-12-15-30-52(47)49(53)32-33/h4-32H,1-3H3. The predicted molar refractivity (Wildman–Crippen MR) is 226 cm³/mol. The van der Waals surface area contributed by atoms with Crippen LogP contribution in [0.25, 0.3) is 5.57 Å². The van der Waals surface area contributed by atoms with Crippen molar-refractivity contribution in [2.24, 2.45) is 0 Å². The number of allylic oxidation sites excluding steroid dienone is 8. The van der Waals surface area contributed by atoms with Crippen molar-refractivity contribution in [3.05, 3.63) is 210 Å². The summed E-state index contributed by atoms with van der Waals surface area (Å²) in [5.74, 6) is 12.8. The van der Waals surface area contributed by atoms with E-state index in [-0.39, 0.29) is 33.3 Å². The summed E-state index contributed by atoms with van der Waals surface area (Å²) in [7, 11) is 0. The number of para-hydroxylation sites is 3. The summed E-state index contributed by atoms with van der Waals surface area (Å²) in [5, 5.41) is 0. The lowest BCUT2D eigenvalue weighted by atomic mass is 9.41. The summed E-state index contributed by atoms with van der Waals surface area (Å²) < 4.78 is 23.8. The molecule has 10 heteroatoms. The summed E-state index contributed by atoms with van der Waals surface area (Å²) in [6, 6.07) is 30.3. The number of fused-ring (bicyclic) bond motifs is 16. The Morgan fingerprint density at radius 3 is 1.49 bits per heavy atom. The van der Waals surface area contributed by atoms with Crippen molar-refractivity contribution in [1.82, 2.24) is 18.9 Å². The van der Waals surface area contributed by atoms with Crippen LogP contribution >= 0.6 is 0 Å². The molecule has 0 atom stereocenters. The lowest BCUT2D eigenvalue weighted by Crippen LogP contribution is -2.73. The van der Waals surface area contributed by atoms with E-state index in [1.165, 1.54) is 5.56 Å². The van der Waals surface area contributed by atoms with Crippen molar-refractivity contribution in [2.75, 3.05) is 0 Å². The van der Waals surface area contributed by atoms with Gasteiger partial charge in [0.2, 0.25) is 0 Å². The van der Waals surface area contributed by atoms with Crippen molar-refractivity contribution < 1.29 is 9.47 Å². The molecule has 4 aromatic rings. The first kappa shape index (κ1) is 32.3. The third-order valence-corrected chi connectivity index (χ3v) is 12.1. The molecule has 1 spiro atoms. The lowest BCUT2D eigenvalue weighted by molar-refractivity contribution is 0.397. The highest BCUT2D eigenvalue weighted by atomic mass is 16.5. The summed E-state index contributed by atoms with van der Waals surface area (Å²) in [4.78, 5) is 0. The zero-order valence-electron chi connectivity index (χ0n) is 31.2. The monoisotopic (exact) mass is 710 g/mol. The number of hydrogen-bond donors (Lipinski definition) is 0. The Morgan fingerprint density at radius 1 is 0.491 bits per heavy atom. The van der Waals surface area contributed by atoms with Crippen LogP contribution in [0.15, 0.2) is 176 Å². The Kier molecular flexibility index (Phi) is 7.01. The van der Waals surface area contributed by atoms with E-state index in [0.717, 1.165) is 56.4 Å². The van der Waals surface area contributed by atoms with Gasteiger partial charge in [-0.1, -0.05) is 130 Å². The van der Waals surface area contributed by atoms with Crippen LogP contribution in [-0.4, -0.2) is 46.8 Å². The molecular weight excluding hydrogens is 672 g/mol. The molecule has 4 aromatic carbocycles. The highest BCUT2D eigenvalue weighted by Crippen LogP contribution is 2.63. The third-order valence-electron chi connectivity index (χ3n) is 12.1. The molecule has 0 aliphatic carbocycles. The van der Waals surface area contributed by atoms with Crippen LogP contribution in [0.5, 0.6) is 23.0 Å². The average Bonchev–Trinajstić information content (AvgIpc) is 3.22. The third kappa shape index (κ3) is 4.60. The molecule has 6 nitrogen and oxygen atoms in total. The van der Waals surface area contributed by atoms with Gasteiger partial charge >= 0.3 is 27.9 Å². The molecule has 0 amide bonds. The molecule has 7 aliphatic rings. The topological polar surface area (TPSA) is 31.4 Å². The van der Waals surface area contributed by atoms with Crippen LogP contribution in [0, 0.1) is 0 Å². The second kappa shape index (κ2) is 11.9. The maximum Gasteiger partial charge on any atom is 0.381 e. The van der Waals surface area contributed by atoms with Gasteiger partial charge in [-0.25, -0.2) is 0 Å². The molecule has 0 aromatic heterocycles. The number of benzene rings is 4. The molecule has 0 unspecified atom stereocenters. The number of nitrogens with zero attached hydrogens (tertiary/aromatic N) is 4. The van der Waals surface area contributed by atoms with Crippen molar-refractivity contribution in [2.45, 2.75) is 31.6 Å². The Hall–Kier alpha value is -6.14. The van der Waals surface area contributed by atoms with Crippen molar-refractivity contribution in [1.29, 1.82) is 0 Å². The van der Waals surface area contributed by atoms with E-state index in [1.54, 1.807) is 0 Å². The van der Waals surface area contributed by atoms with Crippen molar-refractivity contribution >= 4 is 33.5 Å². The largest absolute Gasteiger partial charge is 0.457 e. The Morgan fingerprint density at radius 2 is 0.964 bits per heavy atom. The van der Waals surface area contributed by atoms with Crippen molar-refractivity contribution in [3.8, 4) is 23.0 Å². The normalized spacial score (nSPS) is 18.9. The van der Waals surface area contributed by atoms with Gasteiger partial charge in [0.1, 0.15) is 23.0 Å². The molecule has 0 radical (unpaired) electrons. The summed E-state index contributed by atoms with van der Waals surface area (Å²) in [6.07, 6.45) is 24.3. The summed E-state index contributed by atoms with van der Waals surface area (Å²) in [5.41, 5.74) is 7.11. The van der Waals surface area contributed by atoms with Gasteiger partial charge in [0, 0.05) is 27.8 Å². The predicted octanol–water partition coefficient (Wildman–Crippen LogP) is 9.07. The highest BCUT2D eigenvalue weighted by molar-refractivity contribution is 6.92. The van der Waals surface area contributed by atoms with Gasteiger partial charge in [-0.2, -0.15) is 0 Å². The van der Waals surface area contributed by atoms with Gasteiger partial charge in [-0.3, -0.25) is 0 Å². The maximum absolute atomic E-state index is 7.28. The zero-order valence-corrected chi connectivity index (χ0v) is 31.2. The SMILES string of the molecule is CC(C)(C)c1ccc2c(c1C1=CB3N4C=CC=CB4N4C=CC=CB4N4C=CC=CB4N3C=C1)Oc1ccccc1C21c2ccccc2Oc2ccccc21. The number of rotatable bonds is 1. The second-order valence-corrected chi connectivity index (χ2v) is 16.1. The molecule has 0 N–H and O–H groups in total. The fourth-order valence-electron chi connectivity index (χ4n) is 9.79. The number of ether oxygens (including phenoxy) is 2. The molecule has 7 aliphatic heterocycles. The van der Waals surface area contributed by atoms with Gasteiger partial charge in [0.15, 0.2) is 0 Å². The van der Waals surface area contributed by atoms with E-state index in [9.17, 15) is 0 Å². The maximum atomic E-state index is 7.28. The van der Waals surface area contributed by atoms with Crippen LogP contribution in [-0.2, 0) is 10.8 Å². The summed E-state index contributed by atoms with van der Waals surface area (Å²) >= 11 is 0. The zero-order chi connectivity index (χ0) is 36.9. The molecule has 1 saturated heterocycles. The van der Waals surface area contributed by atoms with E-state index in [4.69, 9.17) is 9.47 Å². The highest BCUT2D eigenvalue weighted by Gasteiger charge is 2.53. The van der Waals surface area contributed by atoms with E-state index in [2.05, 4.69) is 216 Å². The molecule has 0 saturated carbocycles. The van der Waals surface area contributed by atoms with E-state index in [0.29, 0.717) is 0 Å². The van der Waals surface area contributed by atoms with E-state index < -0.39 is 5.41 Å². The molecule has 7 heterocycles. The smallest absolute Gasteiger partial charge is 0.381 e. The molecule has 262 valence electrons. The van der Waals surface area contributed by atoms with Gasteiger partial charge in [0.25, 0.3) is 0 Å². The Labute approximate surface area is 324 Å². The van der Waals surface area contributed by atoms with E-state index in [1.807, 2.05) is 0 Å². The molecule has 11 rings (SSSR count). The lowest BCUT2D eigenvalue weighted by Gasteiger charge is -2.53. The van der Waals surface area contributed by atoms with Gasteiger partial charge in [-0.05, 0) is 83.9 Å². The Bertz CT molecular complexity index is 2440. The average molecular weight is 710 g/mol. The quantitative estimate of drug-likeness (QED) is 0.159. The minimum absolute atomic E-state index is 0.00127. The van der Waals surface area contributed by atoms with Gasteiger partial charge in [-0.15, -0.1) is 0 Å². The fourth-order valence-corrected chi connectivity index (χ4v) is 9.79. The first-order valence-electron chi connectivity index (χ1n) is 19.3. The molecular formula is C45H38B4N4O2. The van der Waals surface area contributed by atoms with Crippen molar-refractivity contribution in [3.63, 3.8) is 0 Å². The van der Waals surface area contributed by atoms with E-state index >= 15 is 0 Å². The minimum Gasteiger partial charge on any atom is -0.457 e. The minimum atomic E-state index is -0.666. The van der Waals surface area contributed by atoms with Gasteiger partial charge in [0.05, 0.1) is 5.41 Å². The van der Waals surface area contributed by atoms with Crippen LogP contribution in [0.3, 0.4) is 0 Å². The molecule has 1 fully saturated rings. The van der Waals surface area contributed by atoms with Crippen LogP contribution < -0.4 is 9.47 Å². The Balaban J connectivity index is 1.17. The first-order valence-corrected chi connectivity index (χ1v) is 19.3. The number of hydrogen-bond acceptors (Lipinski definition) is 6.